The Bertz CT molecular complexity index is 1240. The lowest BCUT2D eigenvalue weighted by molar-refractivity contribution is -0.118. The maximum atomic E-state index is 5.33. The summed E-state index contributed by atoms with van der Waals surface area (Å²) < 4.78 is 14.8. The van der Waals surface area contributed by atoms with Crippen molar-refractivity contribution >= 4 is 17.2 Å². The van der Waals surface area contributed by atoms with E-state index in [-0.39, 0.29) is 6.29 Å². The van der Waals surface area contributed by atoms with Crippen LogP contribution < -0.4 is 5.32 Å². The Balaban J connectivity index is 1.28. The zero-order valence-corrected chi connectivity index (χ0v) is 19.9. The van der Waals surface area contributed by atoms with Gasteiger partial charge in [0.1, 0.15) is 0 Å². The molecule has 0 spiro atoms. The topological polar surface area (TPSA) is 81.7 Å². The van der Waals surface area contributed by atoms with Crippen molar-refractivity contribution in [1.82, 2.24) is 29.0 Å². The van der Waals surface area contributed by atoms with Crippen LogP contribution in [0.4, 0.5) is 11.5 Å². The van der Waals surface area contributed by atoms with Gasteiger partial charge in [0.15, 0.2) is 17.8 Å². The predicted molar refractivity (Wildman–Crippen MR) is 131 cm³/mol. The van der Waals surface area contributed by atoms with Crippen molar-refractivity contribution in [1.29, 1.82) is 0 Å². The van der Waals surface area contributed by atoms with Crippen LogP contribution in [0.25, 0.3) is 16.9 Å². The lowest BCUT2D eigenvalue weighted by Gasteiger charge is -2.33. The summed E-state index contributed by atoms with van der Waals surface area (Å²) in [7, 11) is 3.36. The molecule has 0 bridgehead atoms. The van der Waals surface area contributed by atoms with Crippen LogP contribution in [0, 0.1) is 6.92 Å². The van der Waals surface area contributed by atoms with E-state index in [4.69, 9.17) is 14.5 Å². The van der Waals surface area contributed by atoms with E-state index >= 15 is 0 Å². The van der Waals surface area contributed by atoms with Gasteiger partial charge in [-0.05, 0) is 25.3 Å². The summed E-state index contributed by atoms with van der Waals surface area (Å²) in [5.74, 6) is 0.710. The second-order valence-corrected chi connectivity index (χ2v) is 8.69. The molecular weight excluding hydrogens is 430 g/mol. The fourth-order valence-corrected chi connectivity index (χ4v) is 4.63. The molecule has 0 unspecified atom stereocenters. The van der Waals surface area contributed by atoms with Gasteiger partial charge in [0.25, 0.3) is 0 Å². The molecule has 1 fully saturated rings. The van der Waals surface area contributed by atoms with E-state index in [0.29, 0.717) is 11.9 Å². The van der Waals surface area contributed by atoms with E-state index < -0.39 is 0 Å². The number of aromatic nitrogens is 5. The molecule has 34 heavy (non-hydrogen) atoms. The second kappa shape index (κ2) is 9.92. The number of likely N-dealkylation sites (tertiary alicyclic amines) is 1. The molecule has 4 aromatic rings. The van der Waals surface area contributed by atoms with Gasteiger partial charge >= 0.3 is 0 Å². The largest absolute Gasteiger partial charge is 0.355 e. The third-order valence-corrected chi connectivity index (χ3v) is 6.58. The van der Waals surface area contributed by atoms with Gasteiger partial charge in [0.2, 0.25) is 0 Å². The van der Waals surface area contributed by atoms with Gasteiger partial charge in [0, 0.05) is 58.0 Å². The minimum absolute atomic E-state index is 0.179. The SMILES string of the molecule is COC(CN1CCC(n2cc(Nc3ncc(-c4ccccc4C)n4ccnc34)cn2)CC1)OC. The first-order chi connectivity index (χ1) is 16.7. The van der Waals surface area contributed by atoms with E-state index in [1.807, 2.05) is 30.7 Å². The quantitative estimate of drug-likeness (QED) is 0.399. The van der Waals surface area contributed by atoms with Gasteiger partial charge in [-0.3, -0.25) is 14.0 Å². The Morgan fingerprint density at radius 1 is 1.09 bits per heavy atom. The molecular formula is C25H31N7O2. The first-order valence-electron chi connectivity index (χ1n) is 11.6. The van der Waals surface area contributed by atoms with E-state index in [2.05, 4.69) is 54.6 Å². The minimum atomic E-state index is -0.179. The number of nitrogens with zero attached hydrogens (tertiary/aromatic N) is 6. The Kier molecular flexibility index (Phi) is 6.57. The molecule has 0 amide bonds. The zero-order chi connectivity index (χ0) is 23.5. The Labute approximate surface area is 199 Å². The zero-order valence-electron chi connectivity index (χ0n) is 19.9. The molecule has 1 saturated heterocycles. The highest BCUT2D eigenvalue weighted by molar-refractivity contribution is 5.74. The number of benzene rings is 1. The van der Waals surface area contributed by atoms with Crippen LogP contribution in [-0.2, 0) is 9.47 Å². The number of rotatable bonds is 8. The van der Waals surface area contributed by atoms with Gasteiger partial charge in [-0.25, -0.2) is 9.97 Å². The lowest BCUT2D eigenvalue weighted by atomic mass is 10.1. The normalized spacial score (nSPS) is 15.4. The maximum absolute atomic E-state index is 5.33. The van der Waals surface area contributed by atoms with Crippen molar-refractivity contribution in [3.63, 3.8) is 0 Å². The summed E-state index contributed by atoms with van der Waals surface area (Å²) in [6.45, 7) is 4.88. The monoisotopic (exact) mass is 461 g/mol. The standard InChI is InChI=1S/C25H31N7O2/c1-18-6-4-5-7-21(18)22-15-27-24(25-26-10-13-31(22)25)29-19-14-28-32(16-19)20-8-11-30(12-9-20)17-23(33-2)34-3/h4-7,10,13-16,20,23H,8-9,11-12,17H2,1-3H3,(H,27,29). The minimum Gasteiger partial charge on any atom is -0.355 e. The number of piperidine rings is 1. The van der Waals surface area contributed by atoms with E-state index in [9.17, 15) is 0 Å². The average molecular weight is 462 g/mol. The smallest absolute Gasteiger partial charge is 0.180 e. The molecule has 0 atom stereocenters. The number of aryl methyl sites for hydroxylation is 1. The van der Waals surface area contributed by atoms with Crippen LogP contribution in [-0.4, -0.2) is 69.2 Å². The summed E-state index contributed by atoms with van der Waals surface area (Å²) in [5, 5.41) is 8.04. The van der Waals surface area contributed by atoms with Crippen molar-refractivity contribution in [2.24, 2.45) is 0 Å². The maximum Gasteiger partial charge on any atom is 0.180 e. The fraction of sp³-hybridized carbons (Fsp3) is 0.400. The number of nitrogens with one attached hydrogen (secondary N) is 1. The second-order valence-electron chi connectivity index (χ2n) is 8.69. The molecule has 0 saturated carbocycles. The van der Waals surface area contributed by atoms with Crippen molar-refractivity contribution in [3.8, 4) is 11.3 Å². The fourth-order valence-electron chi connectivity index (χ4n) is 4.63. The van der Waals surface area contributed by atoms with Gasteiger partial charge in [-0.1, -0.05) is 24.3 Å². The Hall–Kier alpha value is -3.27. The molecule has 1 N–H and O–H groups in total. The third-order valence-electron chi connectivity index (χ3n) is 6.58. The highest BCUT2D eigenvalue weighted by atomic mass is 16.7. The molecule has 0 aliphatic carbocycles. The molecule has 1 aliphatic heterocycles. The lowest BCUT2D eigenvalue weighted by Crippen LogP contribution is -2.40. The van der Waals surface area contributed by atoms with E-state index in [1.165, 1.54) is 5.56 Å². The highest BCUT2D eigenvalue weighted by Gasteiger charge is 2.23. The summed E-state index contributed by atoms with van der Waals surface area (Å²) in [5.41, 5.74) is 5.05. The number of methoxy groups -OCH3 is 2. The van der Waals surface area contributed by atoms with Gasteiger partial charge in [-0.15, -0.1) is 0 Å². The van der Waals surface area contributed by atoms with E-state index in [0.717, 1.165) is 55.1 Å². The number of fused-ring (bicyclic) bond motifs is 1. The van der Waals surface area contributed by atoms with Crippen LogP contribution in [0.3, 0.4) is 0 Å². The molecule has 9 heteroatoms. The van der Waals surface area contributed by atoms with Gasteiger partial charge < -0.3 is 14.8 Å². The summed E-state index contributed by atoms with van der Waals surface area (Å²) in [6.07, 6.45) is 11.5. The van der Waals surface area contributed by atoms with Gasteiger partial charge in [0.05, 0.1) is 29.8 Å². The van der Waals surface area contributed by atoms with Crippen LogP contribution in [0.15, 0.2) is 55.2 Å². The number of hydrogen-bond donors (Lipinski definition) is 1. The number of ether oxygens (including phenoxy) is 2. The summed E-state index contributed by atoms with van der Waals surface area (Å²) in [6, 6.07) is 8.68. The molecule has 1 aliphatic rings. The van der Waals surface area contributed by atoms with Gasteiger partial charge in [-0.2, -0.15) is 5.10 Å². The van der Waals surface area contributed by atoms with Crippen LogP contribution in [0.5, 0.6) is 0 Å². The molecule has 1 aromatic carbocycles. The van der Waals surface area contributed by atoms with Crippen LogP contribution in [0.2, 0.25) is 0 Å². The van der Waals surface area contributed by atoms with Crippen LogP contribution in [0.1, 0.15) is 24.4 Å². The number of hydrogen-bond acceptors (Lipinski definition) is 7. The van der Waals surface area contributed by atoms with E-state index in [1.54, 1.807) is 20.4 Å². The Morgan fingerprint density at radius 3 is 2.65 bits per heavy atom. The van der Waals surface area contributed by atoms with Crippen molar-refractivity contribution in [2.75, 3.05) is 39.2 Å². The molecule has 3 aromatic heterocycles. The van der Waals surface area contributed by atoms with Crippen molar-refractivity contribution < 1.29 is 9.47 Å². The first-order valence-corrected chi connectivity index (χ1v) is 11.6. The summed E-state index contributed by atoms with van der Waals surface area (Å²) >= 11 is 0. The number of imidazole rings is 1. The summed E-state index contributed by atoms with van der Waals surface area (Å²) in [4.78, 5) is 11.6. The molecule has 4 heterocycles. The average Bonchev–Trinajstić information content (AvgIpc) is 3.54. The predicted octanol–water partition coefficient (Wildman–Crippen LogP) is 3.90. The first kappa shape index (κ1) is 22.5. The highest BCUT2D eigenvalue weighted by Crippen LogP contribution is 2.28. The van der Waals surface area contributed by atoms with Crippen molar-refractivity contribution in [2.45, 2.75) is 32.1 Å². The Morgan fingerprint density at radius 2 is 1.88 bits per heavy atom. The molecule has 0 radical (unpaired) electrons. The molecule has 5 rings (SSSR count). The van der Waals surface area contributed by atoms with Crippen LogP contribution >= 0.6 is 0 Å². The number of anilines is 2. The molecule has 178 valence electrons. The third kappa shape index (κ3) is 4.54. The molecule has 9 nitrogen and oxygen atoms in total. The van der Waals surface area contributed by atoms with Crippen molar-refractivity contribution in [3.05, 3.63) is 60.8 Å².